The van der Waals surface area contributed by atoms with E-state index in [4.69, 9.17) is 0 Å². The summed E-state index contributed by atoms with van der Waals surface area (Å²) >= 11 is 3.39. The fraction of sp³-hybridized carbons (Fsp3) is 0.562. The molecular weight excluding hydrogens is 302 g/mol. The highest BCUT2D eigenvalue weighted by atomic mass is 79.9. The molecule has 0 aromatic heterocycles. The Balaban J connectivity index is 2.11. The molecular formula is C16H22BrNO. The SMILES string of the molecule is CC(NC(=O)C(C)(C)Br)c1ccc2c(c1)CCCC2. The molecule has 0 heterocycles. The molecule has 1 aromatic rings. The zero-order chi connectivity index (χ0) is 14.0. The average molecular weight is 324 g/mol. The fourth-order valence-electron chi connectivity index (χ4n) is 2.47. The summed E-state index contributed by atoms with van der Waals surface area (Å²) in [5.41, 5.74) is 4.14. The Morgan fingerprint density at radius 1 is 1.26 bits per heavy atom. The van der Waals surface area contributed by atoms with E-state index in [1.54, 1.807) is 0 Å². The summed E-state index contributed by atoms with van der Waals surface area (Å²) in [6, 6.07) is 6.69. The van der Waals surface area contributed by atoms with Gasteiger partial charge in [-0.15, -0.1) is 0 Å². The van der Waals surface area contributed by atoms with E-state index in [9.17, 15) is 4.79 Å². The first-order valence-electron chi connectivity index (χ1n) is 6.99. The van der Waals surface area contributed by atoms with Gasteiger partial charge in [0.05, 0.1) is 10.4 Å². The maximum Gasteiger partial charge on any atom is 0.236 e. The number of benzene rings is 1. The Hall–Kier alpha value is -0.830. The van der Waals surface area contributed by atoms with Crippen molar-refractivity contribution in [3.05, 3.63) is 34.9 Å². The van der Waals surface area contributed by atoms with Crippen LogP contribution in [0.3, 0.4) is 0 Å². The van der Waals surface area contributed by atoms with Crippen molar-refractivity contribution < 1.29 is 4.79 Å². The number of rotatable bonds is 3. The molecule has 1 atom stereocenters. The lowest BCUT2D eigenvalue weighted by Gasteiger charge is -2.23. The van der Waals surface area contributed by atoms with Gasteiger partial charge in [-0.25, -0.2) is 0 Å². The van der Waals surface area contributed by atoms with Gasteiger partial charge < -0.3 is 5.32 Å². The molecule has 0 radical (unpaired) electrons. The number of alkyl halides is 1. The molecule has 3 heteroatoms. The van der Waals surface area contributed by atoms with Gasteiger partial charge in [-0.3, -0.25) is 4.79 Å². The minimum atomic E-state index is -0.518. The molecule has 0 aliphatic heterocycles. The Morgan fingerprint density at radius 3 is 2.53 bits per heavy atom. The predicted molar refractivity (Wildman–Crippen MR) is 82.6 cm³/mol. The van der Waals surface area contributed by atoms with E-state index in [1.165, 1.54) is 42.4 Å². The van der Waals surface area contributed by atoms with Crippen LogP contribution in [0.5, 0.6) is 0 Å². The third-order valence-electron chi connectivity index (χ3n) is 3.76. The lowest BCUT2D eigenvalue weighted by molar-refractivity contribution is -0.123. The molecule has 0 bridgehead atoms. The van der Waals surface area contributed by atoms with Gasteiger partial charge in [0.2, 0.25) is 5.91 Å². The van der Waals surface area contributed by atoms with Crippen molar-refractivity contribution in [1.29, 1.82) is 0 Å². The lowest BCUT2D eigenvalue weighted by Crippen LogP contribution is -2.38. The minimum Gasteiger partial charge on any atom is -0.348 e. The predicted octanol–water partition coefficient (Wildman–Crippen LogP) is 3.92. The van der Waals surface area contributed by atoms with Crippen molar-refractivity contribution in [2.75, 3.05) is 0 Å². The van der Waals surface area contributed by atoms with Crippen molar-refractivity contribution in [2.24, 2.45) is 0 Å². The number of hydrogen-bond donors (Lipinski definition) is 1. The summed E-state index contributed by atoms with van der Waals surface area (Å²) in [7, 11) is 0. The summed E-state index contributed by atoms with van der Waals surface area (Å²) in [5.74, 6) is 0.0257. The standard InChI is InChI=1S/C16H22BrNO/c1-11(18-15(19)16(2,3)17)13-9-8-12-6-4-5-7-14(12)10-13/h8-11H,4-7H2,1-3H3,(H,18,19). The Labute approximate surface area is 124 Å². The molecule has 1 unspecified atom stereocenters. The molecule has 0 fully saturated rings. The topological polar surface area (TPSA) is 29.1 Å². The molecule has 2 nitrogen and oxygen atoms in total. The number of nitrogens with one attached hydrogen (secondary N) is 1. The molecule has 0 spiro atoms. The van der Waals surface area contributed by atoms with Gasteiger partial charge in [-0.2, -0.15) is 0 Å². The van der Waals surface area contributed by atoms with Gasteiger partial charge >= 0.3 is 0 Å². The van der Waals surface area contributed by atoms with E-state index in [0.717, 1.165) is 0 Å². The van der Waals surface area contributed by atoms with E-state index in [0.29, 0.717) is 0 Å². The van der Waals surface area contributed by atoms with Crippen LogP contribution in [0.2, 0.25) is 0 Å². The van der Waals surface area contributed by atoms with Crippen LogP contribution in [0.15, 0.2) is 18.2 Å². The molecule has 1 amide bonds. The van der Waals surface area contributed by atoms with Crippen LogP contribution in [0.25, 0.3) is 0 Å². The highest BCUT2D eigenvalue weighted by Gasteiger charge is 2.25. The minimum absolute atomic E-state index is 0.0257. The fourth-order valence-corrected chi connectivity index (χ4v) is 2.59. The molecule has 1 aromatic carbocycles. The van der Waals surface area contributed by atoms with Crippen molar-refractivity contribution in [1.82, 2.24) is 5.32 Å². The first-order valence-corrected chi connectivity index (χ1v) is 7.79. The number of fused-ring (bicyclic) bond motifs is 1. The van der Waals surface area contributed by atoms with Crippen LogP contribution in [0.1, 0.15) is 56.3 Å². The third kappa shape index (κ3) is 3.59. The van der Waals surface area contributed by atoms with Crippen LogP contribution < -0.4 is 5.32 Å². The Bertz CT molecular complexity index is 476. The number of amides is 1. The smallest absolute Gasteiger partial charge is 0.236 e. The van der Waals surface area contributed by atoms with Crippen molar-refractivity contribution in [2.45, 2.75) is 56.8 Å². The molecule has 1 N–H and O–H groups in total. The molecule has 104 valence electrons. The molecule has 0 saturated carbocycles. The van der Waals surface area contributed by atoms with Crippen molar-refractivity contribution >= 4 is 21.8 Å². The second-order valence-corrected chi connectivity index (χ2v) is 7.89. The van der Waals surface area contributed by atoms with Crippen molar-refractivity contribution in [3.63, 3.8) is 0 Å². The second-order valence-electron chi connectivity index (χ2n) is 5.90. The molecule has 2 rings (SSSR count). The van der Waals surface area contributed by atoms with Crippen LogP contribution >= 0.6 is 15.9 Å². The lowest BCUT2D eigenvalue weighted by atomic mass is 9.89. The Kier molecular flexibility index (Phi) is 4.34. The van der Waals surface area contributed by atoms with E-state index in [-0.39, 0.29) is 11.9 Å². The van der Waals surface area contributed by atoms with E-state index >= 15 is 0 Å². The van der Waals surface area contributed by atoms with Gasteiger partial charge in [-0.1, -0.05) is 34.1 Å². The van der Waals surface area contributed by atoms with Gasteiger partial charge in [0, 0.05) is 0 Å². The quantitative estimate of drug-likeness (QED) is 0.839. The summed E-state index contributed by atoms with van der Waals surface area (Å²) in [6.07, 6.45) is 4.96. The summed E-state index contributed by atoms with van der Waals surface area (Å²) in [5, 5.41) is 3.06. The Morgan fingerprint density at radius 2 is 1.89 bits per heavy atom. The maximum absolute atomic E-state index is 12.0. The normalized spacial score (nSPS) is 16.6. The number of carbonyl (C=O) groups excluding carboxylic acids is 1. The van der Waals surface area contributed by atoms with Gasteiger partial charge in [0.15, 0.2) is 0 Å². The zero-order valence-corrected chi connectivity index (χ0v) is 13.5. The maximum atomic E-state index is 12.0. The molecule has 0 saturated heterocycles. The van der Waals surface area contributed by atoms with Crippen LogP contribution in [0, 0.1) is 0 Å². The number of aryl methyl sites for hydroxylation is 2. The first-order chi connectivity index (χ1) is 8.88. The highest BCUT2D eigenvalue weighted by molar-refractivity contribution is 9.10. The molecule has 1 aliphatic carbocycles. The van der Waals surface area contributed by atoms with E-state index < -0.39 is 4.32 Å². The van der Waals surface area contributed by atoms with E-state index in [1.807, 2.05) is 20.8 Å². The van der Waals surface area contributed by atoms with Crippen LogP contribution in [0.4, 0.5) is 0 Å². The summed E-state index contributed by atoms with van der Waals surface area (Å²) in [4.78, 5) is 12.0. The monoisotopic (exact) mass is 323 g/mol. The number of halogens is 1. The van der Waals surface area contributed by atoms with Crippen molar-refractivity contribution in [3.8, 4) is 0 Å². The van der Waals surface area contributed by atoms with Gasteiger partial charge in [0.25, 0.3) is 0 Å². The molecule has 19 heavy (non-hydrogen) atoms. The summed E-state index contributed by atoms with van der Waals surface area (Å²) < 4.78 is -0.518. The first kappa shape index (κ1) is 14.6. The van der Waals surface area contributed by atoms with Crippen LogP contribution in [-0.2, 0) is 17.6 Å². The van der Waals surface area contributed by atoms with Crippen LogP contribution in [-0.4, -0.2) is 10.2 Å². The molecule has 1 aliphatic rings. The number of hydrogen-bond acceptors (Lipinski definition) is 1. The van der Waals surface area contributed by atoms with E-state index in [2.05, 4.69) is 39.4 Å². The average Bonchev–Trinajstić information content (AvgIpc) is 2.37. The zero-order valence-electron chi connectivity index (χ0n) is 11.9. The number of carbonyl (C=O) groups is 1. The highest BCUT2D eigenvalue weighted by Crippen LogP contribution is 2.25. The van der Waals surface area contributed by atoms with Gasteiger partial charge in [0.1, 0.15) is 0 Å². The second kappa shape index (κ2) is 5.66. The largest absolute Gasteiger partial charge is 0.348 e. The third-order valence-corrected chi connectivity index (χ3v) is 4.12. The van der Waals surface area contributed by atoms with Gasteiger partial charge in [-0.05, 0) is 63.1 Å². The summed E-state index contributed by atoms with van der Waals surface area (Å²) in [6.45, 7) is 5.77.